The zero-order valence-electron chi connectivity index (χ0n) is 11.0. The number of phenolic OH excluding ortho intramolecular Hbond substituents is 2. The largest absolute Gasteiger partial charge is 0.504 e. The summed E-state index contributed by atoms with van der Waals surface area (Å²) in [5, 5.41) is 31.7. The van der Waals surface area contributed by atoms with Gasteiger partial charge in [-0.3, -0.25) is 4.90 Å². The lowest BCUT2D eigenvalue weighted by Crippen LogP contribution is -2.45. The lowest BCUT2D eigenvalue weighted by atomic mass is 10.0. The molecule has 2 rings (SSSR count). The number of benzene rings is 1. The Morgan fingerprint density at radius 1 is 1.25 bits per heavy atom. The van der Waals surface area contributed by atoms with Crippen molar-refractivity contribution < 1.29 is 10.2 Å². The summed E-state index contributed by atoms with van der Waals surface area (Å²) in [6.07, 6.45) is 0.303. The van der Waals surface area contributed by atoms with E-state index in [9.17, 15) is 10.2 Å². The number of hydrogen-bond donors (Lipinski definition) is 3. The molecule has 7 heteroatoms. The number of nitrogens with one attached hydrogen (secondary N) is 1. The molecule has 1 aromatic rings. The minimum absolute atomic E-state index is 0. The molecule has 1 heterocycles. The highest BCUT2D eigenvalue weighted by Gasteiger charge is 2.25. The topological polar surface area (TPSA) is 79.5 Å². The quantitative estimate of drug-likeness (QED) is 0.740. The molecule has 1 saturated heterocycles. The maximum atomic E-state index is 9.92. The van der Waals surface area contributed by atoms with Crippen LogP contribution < -0.4 is 5.32 Å². The van der Waals surface area contributed by atoms with Gasteiger partial charge >= 0.3 is 0 Å². The number of aromatic hydroxyl groups is 2. The van der Waals surface area contributed by atoms with Gasteiger partial charge in [0, 0.05) is 31.7 Å². The molecule has 1 fully saturated rings. The standard InChI is InChI=1S/C13H17N3O2.2ClH/c14-5-4-11(16-8-6-15-7-9-16)10-2-1-3-12(17)13(10)18;;/h1-3,11,15,17-18H,4,6-9H2;2*1H/t11-;;/m0../s1. The zero-order valence-corrected chi connectivity index (χ0v) is 12.6. The summed E-state index contributed by atoms with van der Waals surface area (Å²) >= 11 is 0. The van der Waals surface area contributed by atoms with Crippen LogP contribution in [0.25, 0.3) is 0 Å². The van der Waals surface area contributed by atoms with E-state index < -0.39 is 0 Å². The summed E-state index contributed by atoms with van der Waals surface area (Å²) in [6, 6.07) is 6.89. The van der Waals surface area contributed by atoms with E-state index in [1.807, 2.05) is 0 Å². The molecule has 0 bridgehead atoms. The third-order valence-electron chi connectivity index (χ3n) is 3.28. The van der Waals surface area contributed by atoms with Crippen molar-refractivity contribution in [2.75, 3.05) is 26.2 Å². The molecule has 1 aromatic carbocycles. The van der Waals surface area contributed by atoms with Crippen molar-refractivity contribution in [3.8, 4) is 17.6 Å². The van der Waals surface area contributed by atoms with Crippen molar-refractivity contribution in [2.45, 2.75) is 12.5 Å². The fraction of sp³-hybridized carbons (Fsp3) is 0.462. The lowest BCUT2D eigenvalue weighted by molar-refractivity contribution is 0.172. The minimum Gasteiger partial charge on any atom is -0.504 e. The molecule has 20 heavy (non-hydrogen) atoms. The minimum atomic E-state index is -0.163. The van der Waals surface area contributed by atoms with Crippen LogP contribution in [0, 0.1) is 11.3 Å². The second kappa shape index (κ2) is 8.88. The van der Waals surface area contributed by atoms with Crippen molar-refractivity contribution in [3.63, 3.8) is 0 Å². The summed E-state index contributed by atoms with van der Waals surface area (Å²) in [4.78, 5) is 2.16. The molecule has 0 aromatic heterocycles. The van der Waals surface area contributed by atoms with Crippen LogP contribution in [0.5, 0.6) is 11.5 Å². The Morgan fingerprint density at radius 3 is 2.50 bits per heavy atom. The van der Waals surface area contributed by atoms with Crippen LogP contribution in [0.2, 0.25) is 0 Å². The van der Waals surface area contributed by atoms with Gasteiger partial charge < -0.3 is 15.5 Å². The van der Waals surface area contributed by atoms with Crippen molar-refractivity contribution in [3.05, 3.63) is 23.8 Å². The van der Waals surface area contributed by atoms with Crippen molar-refractivity contribution >= 4 is 24.8 Å². The van der Waals surface area contributed by atoms with Crippen molar-refractivity contribution in [1.29, 1.82) is 5.26 Å². The van der Waals surface area contributed by atoms with Gasteiger partial charge in [0.1, 0.15) is 0 Å². The Kier molecular flexibility index (Phi) is 8.35. The van der Waals surface area contributed by atoms with Crippen LogP contribution in [0.4, 0.5) is 0 Å². The summed E-state index contributed by atoms with van der Waals surface area (Å²) in [5.41, 5.74) is 0.624. The van der Waals surface area contributed by atoms with Crippen LogP contribution in [-0.4, -0.2) is 41.3 Å². The van der Waals surface area contributed by atoms with Crippen LogP contribution in [0.3, 0.4) is 0 Å². The molecule has 1 atom stereocenters. The number of piperazine rings is 1. The molecular weight excluding hydrogens is 301 g/mol. The van der Waals surface area contributed by atoms with Crippen LogP contribution in [0.15, 0.2) is 18.2 Å². The van der Waals surface area contributed by atoms with E-state index in [4.69, 9.17) is 5.26 Å². The Hall–Kier alpha value is -1.19. The average Bonchev–Trinajstić information content (AvgIpc) is 2.41. The van der Waals surface area contributed by atoms with E-state index in [2.05, 4.69) is 16.3 Å². The smallest absolute Gasteiger partial charge is 0.162 e. The Bertz CT molecular complexity index is 459. The number of phenols is 2. The van der Waals surface area contributed by atoms with E-state index in [0.29, 0.717) is 12.0 Å². The van der Waals surface area contributed by atoms with Gasteiger partial charge in [0.25, 0.3) is 0 Å². The molecule has 112 valence electrons. The third-order valence-corrected chi connectivity index (χ3v) is 3.28. The first-order valence-electron chi connectivity index (χ1n) is 6.06. The number of nitrogens with zero attached hydrogens (tertiary/aromatic N) is 2. The molecule has 0 spiro atoms. The molecule has 1 aliphatic heterocycles. The van der Waals surface area contributed by atoms with Crippen LogP contribution in [0.1, 0.15) is 18.0 Å². The van der Waals surface area contributed by atoms with Crippen LogP contribution in [-0.2, 0) is 0 Å². The molecule has 0 unspecified atom stereocenters. The van der Waals surface area contributed by atoms with E-state index in [1.165, 1.54) is 6.07 Å². The van der Waals surface area contributed by atoms with Crippen molar-refractivity contribution in [2.24, 2.45) is 0 Å². The predicted octanol–water partition coefficient (Wildman–Crippen LogP) is 1.80. The molecule has 0 aliphatic carbocycles. The lowest BCUT2D eigenvalue weighted by Gasteiger charge is -2.34. The van der Waals surface area contributed by atoms with Gasteiger partial charge in [-0.2, -0.15) is 5.26 Å². The number of nitriles is 1. The number of rotatable bonds is 3. The highest BCUT2D eigenvalue weighted by atomic mass is 35.5. The Balaban J connectivity index is 0.00000180. The first-order chi connectivity index (χ1) is 8.74. The fourth-order valence-corrected chi connectivity index (χ4v) is 2.33. The Labute approximate surface area is 131 Å². The van der Waals surface area contributed by atoms with Gasteiger partial charge in [0.15, 0.2) is 11.5 Å². The third kappa shape index (κ3) is 4.15. The summed E-state index contributed by atoms with van der Waals surface area (Å²) in [7, 11) is 0. The summed E-state index contributed by atoms with van der Waals surface area (Å²) in [6.45, 7) is 3.42. The molecule has 0 amide bonds. The maximum Gasteiger partial charge on any atom is 0.162 e. The van der Waals surface area contributed by atoms with E-state index in [-0.39, 0.29) is 42.4 Å². The van der Waals surface area contributed by atoms with Gasteiger partial charge in [0.2, 0.25) is 0 Å². The highest BCUT2D eigenvalue weighted by molar-refractivity contribution is 5.85. The monoisotopic (exact) mass is 319 g/mol. The predicted molar refractivity (Wildman–Crippen MR) is 81.7 cm³/mol. The van der Waals surface area contributed by atoms with Crippen LogP contribution >= 0.6 is 24.8 Å². The summed E-state index contributed by atoms with van der Waals surface area (Å²) < 4.78 is 0. The van der Waals surface area contributed by atoms with E-state index in [1.54, 1.807) is 12.1 Å². The zero-order chi connectivity index (χ0) is 13.0. The molecule has 5 nitrogen and oxygen atoms in total. The number of para-hydroxylation sites is 1. The highest BCUT2D eigenvalue weighted by Crippen LogP contribution is 2.36. The van der Waals surface area contributed by atoms with Crippen molar-refractivity contribution in [1.82, 2.24) is 10.2 Å². The molecule has 0 saturated carbocycles. The normalized spacial score (nSPS) is 16.4. The molecule has 3 N–H and O–H groups in total. The number of halogens is 2. The second-order valence-electron chi connectivity index (χ2n) is 4.38. The molecule has 1 aliphatic rings. The fourth-order valence-electron chi connectivity index (χ4n) is 2.33. The van der Waals surface area contributed by atoms with Gasteiger partial charge in [-0.15, -0.1) is 24.8 Å². The van der Waals surface area contributed by atoms with Gasteiger partial charge in [-0.1, -0.05) is 12.1 Å². The van der Waals surface area contributed by atoms with E-state index in [0.717, 1.165) is 26.2 Å². The SMILES string of the molecule is Cl.Cl.N#CC[C@@H](c1cccc(O)c1O)N1CCNCC1. The molecule has 0 radical (unpaired) electrons. The summed E-state index contributed by atoms with van der Waals surface area (Å²) in [5.74, 6) is -0.248. The average molecular weight is 320 g/mol. The maximum absolute atomic E-state index is 9.92. The van der Waals surface area contributed by atoms with Gasteiger partial charge in [-0.05, 0) is 6.07 Å². The molecular formula is C13H19Cl2N3O2. The first kappa shape index (κ1) is 18.8. The van der Waals surface area contributed by atoms with Gasteiger partial charge in [-0.25, -0.2) is 0 Å². The number of hydrogen-bond acceptors (Lipinski definition) is 5. The van der Waals surface area contributed by atoms with E-state index >= 15 is 0 Å². The van der Waals surface area contributed by atoms with Gasteiger partial charge in [0.05, 0.1) is 18.5 Å². The first-order valence-corrected chi connectivity index (χ1v) is 6.06. The second-order valence-corrected chi connectivity index (χ2v) is 4.38. The Morgan fingerprint density at radius 2 is 1.90 bits per heavy atom.